The smallest absolute Gasteiger partial charge is 0.410 e. The number of methoxy groups -OCH3 is 1. The number of esters is 1. The van der Waals surface area contributed by atoms with Crippen LogP contribution in [0.15, 0.2) is 0 Å². The monoisotopic (exact) mass is 347 g/mol. The topological polar surface area (TPSA) is 90.0 Å². The minimum absolute atomic E-state index is 0.000789. The van der Waals surface area contributed by atoms with E-state index in [-0.39, 0.29) is 31.7 Å². The molecule has 2 rings (SSSR count). The lowest BCUT2D eigenvalue weighted by Crippen LogP contribution is -2.54. The fourth-order valence-electron chi connectivity index (χ4n) is 3.48. The van der Waals surface area contributed by atoms with E-state index >= 15 is 0 Å². The Balaban J connectivity index is 2.14. The van der Waals surface area contributed by atoms with Gasteiger partial charge in [0.25, 0.3) is 0 Å². The van der Waals surface area contributed by atoms with Crippen molar-refractivity contribution in [2.75, 3.05) is 26.0 Å². The van der Waals surface area contributed by atoms with Crippen LogP contribution < -0.4 is 0 Å². The maximum Gasteiger partial charge on any atom is 0.410 e. The van der Waals surface area contributed by atoms with Gasteiger partial charge >= 0.3 is 12.1 Å². The molecule has 2 aliphatic rings. The molecular weight excluding hydrogens is 322 g/mol. The standard InChI is InChI=1S/C15H25NO6S/c1-14(2,3)22-13(18)16-8-6-15(7-9-16)11(12(17)21-4)5-10-23(15,19)20/h11H,5-10H2,1-4H3. The zero-order chi connectivity index (χ0) is 17.5. The van der Waals surface area contributed by atoms with Gasteiger partial charge in [0.1, 0.15) is 5.60 Å². The summed E-state index contributed by atoms with van der Waals surface area (Å²) in [5.74, 6) is -1.12. The van der Waals surface area contributed by atoms with Crippen LogP contribution in [0.5, 0.6) is 0 Å². The fraction of sp³-hybridized carbons (Fsp3) is 0.867. The Morgan fingerprint density at radius 2 is 1.74 bits per heavy atom. The Morgan fingerprint density at radius 1 is 1.17 bits per heavy atom. The number of sulfone groups is 1. The summed E-state index contributed by atoms with van der Waals surface area (Å²) in [4.78, 5) is 25.6. The molecule has 0 aromatic heterocycles. The molecule has 1 atom stereocenters. The van der Waals surface area contributed by atoms with Crippen molar-refractivity contribution < 1.29 is 27.5 Å². The van der Waals surface area contributed by atoms with E-state index in [9.17, 15) is 18.0 Å². The van der Waals surface area contributed by atoms with Crippen molar-refractivity contribution in [2.45, 2.75) is 50.4 Å². The third-order valence-electron chi connectivity index (χ3n) is 4.68. The molecule has 2 aliphatic heterocycles. The number of ether oxygens (including phenoxy) is 2. The van der Waals surface area contributed by atoms with E-state index in [1.54, 1.807) is 20.8 Å². The van der Waals surface area contributed by atoms with Crippen LogP contribution in [0.25, 0.3) is 0 Å². The zero-order valence-electron chi connectivity index (χ0n) is 14.1. The van der Waals surface area contributed by atoms with Crippen LogP contribution in [0.4, 0.5) is 4.79 Å². The van der Waals surface area contributed by atoms with Gasteiger partial charge in [-0.05, 0) is 40.0 Å². The van der Waals surface area contributed by atoms with E-state index in [1.807, 2.05) is 0 Å². The second-order valence-corrected chi connectivity index (χ2v) is 9.67. The molecule has 0 aromatic rings. The van der Waals surface area contributed by atoms with Crippen molar-refractivity contribution in [1.82, 2.24) is 4.90 Å². The average molecular weight is 347 g/mol. The van der Waals surface area contributed by atoms with Gasteiger partial charge in [0.15, 0.2) is 9.84 Å². The summed E-state index contributed by atoms with van der Waals surface area (Å²) in [6, 6.07) is 0. The molecule has 2 saturated heterocycles. The molecule has 1 unspecified atom stereocenters. The summed E-state index contributed by atoms with van der Waals surface area (Å²) in [6.45, 7) is 5.88. The van der Waals surface area contributed by atoms with Gasteiger partial charge in [-0.2, -0.15) is 0 Å². The molecular formula is C15H25NO6S. The molecule has 2 fully saturated rings. The van der Waals surface area contributed by atoms with Gasteiger partial charge in [-0.15, -0.1) is 0 Å². The van der Waals surface area contributed by atoms with Gasteiger partial charge in [0.2, 0.25) is 0 Å². The molecule has 1 amide bonds. The number of carbonyl (C=O) groups excluding carboxylic acids is 2. The first-order valence-corrected chi connectivity index (χ1v) is 9.46. The quantitative estimate of drug-likeness (QED) is 0.665. The number of hydrogen-bond acceptors (Lipinski definition) is 6. The number of carbonyl (C=O) groups is 2. The van der Waals surface area contributed by atoms with Crippen molar-refractivity contribution in [3.63, 3.8) is 0 Å². The fourth-order valence-corrected chi connectivity index (χ4v) is 5.89. The van der Waals surface area contributed by atoms with E-state index in [0.29, 0.717) is 6.42 Å². The molecule has 0 bridgehead atoms. The van der Waals surface area contributed by atoms with E-state index < -0.39 is 38.2 Å². The lowest BCUT2D eigenvalue weighted by molar-refractivity contribution is -0.147. The van der Waals surface area contributed by atoms with Crippen molar-refractivity contribution in [1.29, 1.82) is 0 Å². The highest BCUT2D eigenvalue weighted by atomic mass is 32.2. The Kier molecular flexibility index (Phi) is 4.67. The number of hydrogen-bond donors (Lipinski definition) is 0. The van der Waals surface area contributed by atoms with Crippen LogP contribution in [0.2, 0.25) is 0 Å². The normalized spacial score (nSPS) is 26.1. The summed E-state index contributed by atoms with van der Waals surface area (Å²) in [7, 11) is -2.10. The predicted octanol–water partition coefficient (Wildman–Crippen LogP) is 1.36. The molecule has 7 nitrogen and oxygen atoms in total. The van der Waals surface area contributed by atoms with Gasteiger partial charge in [0, 0.05) is 13.1 Å². The van der Waals surface area contributed by atoms with Crippen molar-refractivity contribution >= 4 is 21.9 Å². The third kappa shape index (κ3) is 3.32. The molecule has 0 aliphatic carbocycles. The molecule has 132 valence electrons. The lowest BCUT2D eigenvalue weighted by Gasteiger charge is -2.41. The molecule has 0 radical (unpaired) electrons. The van der Waals surface area contributed by atoms with Crippen LogP contribution in [-0.4, -0.2) is 61.7 Å². The Morgan fingerprint density at radius 3 is 2.22 bits per heavy atom. The largest absolute Gasteiger partial charge is 0.469 e. The van der Waals surface area contributed by atoms with E-state index in [4.69, 9.17) is 9.47 Å². The van der Waals surface area contributed by atoms with Crippen LogP contribution >= 0.6 is 0 Å². The number of nitrogens with zero attached hydrogens (tertiary/aromatic N) is 1. The summed E-state index contributed by atoms with van der Waals surface area (Å²) < 4.78 is 34.1. The van der Waals surface area contributed by atoms with E-state index in [0.717, 1.165) is 0 Å². The van der Waals surface area contributed by atoms with Gasteiger partial charge < -0.3 is 14.4 Å². The molecule has 8 heteroatoms. The average Bonchev–Trinajstić information content (AvgIpc) is 2.69. The highest BCUT2D eigenvalue weighted by Gasteiger charge is 2.59. The second-order valence-electron chi connectivity index (χ2n) is 7.22. The van der Waals surface area contributed by atoms with Crippen molar-refractivity contribution in [2.24, 2.45) is 5.92 Å². The van der Waals surface area contributed by atoms with Crippen LogP contribution in [-0.2, 0) is 24.1 Å². The van der Waals surface area contributed by atoms with Gasteiger partial charge in [-0.3, -0.25) is 4.79 Å². The van der Waals surface area contributed by atoms with Gasteiger partial charge in [-0.1, -0.05) is 0 Å². The van der Waals surface area contributed by atoms with Gasteiger partial charge in [0.05, 0.1) is 23.5 Å². The van der Waals surface area contributed by atoms with Crippen LogP contribution in [0, 0.1) is 5.92 Å². The number of likely N-dealkylation sites (tertiary alicyclic amines) is 1. The first kappa shape index (κ1) is 18.0. The second kappa shape index (κ2) is 5.96. The lowest BCUT2D eigenvalue weighted by atomic mass is 9.82. The molecule has 23 heavy (non-hydrogen) atoms. The maximum atomic E-state index is 12.5. The Bertz CT molecular complexity index is 584. The molecule has 2 heterocycles. The summed E-state index contributed by atoms with van der Waals surface area (Å²) >= 11 is 0. The molecule has 0 aromatic carbocycles. The predicted molar refractivity (Wildman–Crippen MR) is 83.7 cm³/mol. The van der Waals surface area contributed by atoms with Gasteiger partial charge in [-0.25, -0.2) is 13.2 Å². The third-order valence-corrected chi connectivity index (χ3v) is 7.38. The first-order valence-electron chi connectivity index (χ1n) is 7.80. The highest BCUT2D eigenvalue weighted by molar-refractivity contribution is 7.93. The Labute approximate surface area is 137 Å². The molecule has 1 spiro atoms. The Hall–Kier alpha value is -1.31. The highest BCUT2D eigenvalue weighted by Crippen LogP contribution is 2.46. The minimum atomic E-state index is -3.38. The zero-order valence-corrected chi connectivity index (χ0v) is 14.9. The minimum Gasteiger partial charge on any atom is -0.469 e. The van der Waals surface area contributed by atoms with Crippen LogP contribution in [0.3, 0.4) is 0 Å². The maximum absolute atomic E-state index is 12.5. The summed E-state index contributed by atoms with van der Waals surface area (Å²) in [5, 5.41) is 0. The van der Waals surface area contributed by atoms with E-state index in [2.05, 4.69) is 0 Å². The summed E-state index contributed by atoms with van der Waals surface area (Å²) in [6.07, 6.45) is 0.335. The van der Waals surface area contributed by atoms with Crippen LogP contribution in [0.1, 0.15) is 40.0 Å². The number of piperidine rings is 1. The first-order chi connectivity index (χ1) is 10.5. The SMILES string of the molecule is COC(=O)C1CCS(=O)(=O)C12CCN(C(=O)OC(C)(C)C)CC2. The molecule has 0 N–H and O–H groups in total. The van der Waals surface area contributed by atoms with Crippen molar-refractivity contribution in [3.05, 3.63) is 0 Å². The molecule has 0 saturated carbocycles. The van der Waals surface area contributed by atoms with Crippen molar-refractivity contribution in [3.8, 4) is 0 Å². The van der Waals surface area contributed by atoms with E-state index in [1.165, 1.54) is 12.0 Å². The number of amides is 1. The summed E-state index contributed by atoms with van der Waals surface area (Å²) in [5.41, 5.74) is -0.597. The number of rotatable bonds is 1.